The summed E-state index contributed by atoms with van der Waals surface area (Å²) in [5.74, 6) is 3.66. The van der Waals surface area contributed by atoms with Crippen molar-refractivity contribution in [2.75, 3.05) is 6.61 Å². The summed E-state index contributed by atoms with van der Waals surface area (Å²) in [6.07, 6.45) is 12.3. The molecule has 0 aliphatic heterocycles. The summed E-state index contributed by atoms with van der Waals surface area (Å²) in [5.41, 5.74) is -0.916. The summed E-state index contributed by atoms with van der Waals surface area (Å²) in [6, 6.07) is 0. The Morgan fingerprint density at radius 3 is 2.19 bits per heavy atom. The van der Waals surface area contributed by atoms with Crippen molar-refractivity contribution in [1.29, 1.82) is 0 Å². The molecule has 4 fully saturated rings. The number of esters is 2. The van der Waals surface area contributed by atoms with Gasteiger partial charge in [0.05, 0.1) is 0 Å². The van der Waals surface area contributed by atoms with Gasteiger partial charge in [0.25, 0.3) is 0 Å². The van der Waals surface area contributed by atoms with Gasteiger partial charge in [-0.25, -0.2) is 0 Å². The third-order valence-corrected chi connectivity index (χ3v) is 12.0. The van der Waals surface area contributed by atoms with E-state index in [1.54, 1.807) is 0 Å². The van der Waals surface area contributed by atoms with E-state index in [-0.39, 0.29) is 23.9 Å². The van der Waals surface area contributed by atoms with E-state index in [0.717, 1.165) is 42.9 Å². The maximum Gasteiger partial charge on any atom is 0.303 e. The molecule has 1 N–H and O–H groups in total. The van der Waals surface area contributed by atoms with Gasteiger partial charge in [-0.1, -0.05) is 53.9 Å². The van der Waals surface area contributed by atoms with E-state index in [9.17, 15) is 14.7 Å². The monoisotopic (exact) mass is 518 g/mol. The van der Waals surface area contributed by atoms with Gasteiger partial charge in [0.1, 0.15) is 18.3 Å². The normalized spacial score (nSPS) is 43.9. The van der Waals surface area contributed by atoms with Crippen molar-refractivity contribution in [3.63, 3.8) is 0 Å². The average molecular weight is 519 g/mol. The summed E-state index contributed by atoms with van der Waals surface area (Å²) in [7, 11) is 0. The third kappa shape index (κ3) is 5.24. The van der Waals surface area contributed by atoms with Crippen LogP contribution in [0.4, 0.5) is 0 Å². The van der Waals surface area contributed by atoms with Crippen LogP contribution < -0.4 is 0 Å². The molecule has 212 valence electrons. The fourth-order valence-corrected chi connectivity index (χ4v) is 10.3. The summed E-state index contributed by atoms with van der Waals surface area (Å²) in [4.78, 5) is 23.6. The van der Waals surface area contributed by atoms with Crippen LogP contribution >= 0.6 is 0 Å². The maximum atomic E-state index is 12.1. The van der Waals surface area contributed by atoms with Crippen LogP contribution in [0.25, 0.3) is 0 Å². The Hall–Kier alpha value is -1.10. The summed E-state index contributed by atoms with van der Waals surface area (Å²) in [5, 5.41) is 12.1. The molecule has 4 aliphatic carbocycles. The van der Waals surface area contributed by atoms with Gasteiger partial charge < -0.3 is 14.6 Å². The molecule has 0 saturated heterocycles. The Labute approximate surface area is 225 Å². The van der Waals surface area contributed by atoms with Crippen molar-refractivity contribution in [2.45, 2.75) is 131 Å². The molecule has 0 aromatic heterocycles. The van der Waals surface area contributed by atoms with Gasteiger partial charge in [-0.3, -0.25) is 9.59 Å². The lowest BCUT2D eigenvalue weighted by Gasteiger charge is -2.64. The molecule has 5 heteroatoms. The molecule has 0 radical (unpaired) electrons. The fourth-order valence-electron chi connectivity index (χ4n) is 10.3. The van der Waals surface area contributed by atoms with Crippen molar-refractivity contribution >= 4 is 11.9 Å². The smallest absolute Gasteiger partial charge is 0.303 e. The molecule has 0 aromatic rings. The van der Waals surface area contributed by atoms with Gasteiger partial charge in [-0.15, -0.1) is 0 Å². The Bertz CT molecular complexity index is 839. The van der Waals surface area contributed by atoms with Crippen LogP contribution in [0.3, 0.4) is 0 Å². The van der Waals surface area contributed by atoms with Crippen LogP contribution in [-0.2, 0) is 19.1 Å². The third-order valence-electron chi connectivity index (χ3n) is 12.0. The molecular formula is C32H54O5. The fraction of sp³-hybridized carbons (Fsp3) is 0.938. The van der Waals surface area contributed by atoms with Crippen molar-refractivity contribution in [1.82, 2.24) is 0 Å². The number of hydrogen-bond donors (Lipinski definition) is 1. The molecule has 0 heterocycles. The second-order valence-electron chi connectivity index (χ2n) is 14.5. The molecule has 0 amide bonds. The predicted octanol–water partition coefficient (Wildman–Crippen LogP) is 6.94. The van der Waals surface area contributed by atoms with Gasteiger partial charge in [-0.05, 0) is 97.7 Å². The van der Waals surface area contributed by atoms with Crippen molar-refractivity contribution in [2.24, 2.45) is 52.3 Å². The highest BCUT2D eigenvalue weighted by molar-refractivity contribution is 5.67. The molecule has 0 unspecified atom stereocenters. The summed E-state index contributed by atoms with van der Waals surface area (Å²) >= 11 is 0. The van der Waals surface area contributed by atoms with Crippen LogP contribution in [0, 0.1) is 52.3 Å². The number of ether oxygens (including phenoxy) is 2. The zero-order valence-corrected chi connectivity index (χ0v) is 24.7. The lowest BCUT2D eigenvalue weighted by atomic mass is 9.42. The van der Waals surface area contributed by atoms with E-state index in [0.29, 0.717) is 23.7 Å². The molecule has 4 saturated carbocycles. The number of aliphatic hydroxyl groups is 1. The second kappa shape index (κ2) is 10.8. The van der Waals surface area contributed by atoms with Crippen LogP contribution in [0.2, 0.25) is 0 Å². The van der Waals surface area contributed by atoms with Gasteiger partial charge in [0.15, 0.2) is 0 Å². The zero-order chi connectivity index (χ0) is 27.2. The number of carbonyl (C=O) groups is 2. The summed E-state index contributed by atoms with van der Waals surface area (Å²) < 4.78 is 11.1. The largest absolute Gasteiger partial charge is 0.463 e. The minimum atomic E-state index is -1.32. The first-order valence-corrected chi connectivity index (χ1v) is 15.4. The van der Waals surface area contributed by atoms with Gasteiger partial charge in [0.2, 0.25) is 0 Å². The number of hydrogen-bond acceptors (Lipinski definition) is 5. The molecule has 0 spiro atoms. The average Bonchev–Trinajstić information content (AvgIpc) is 3.17. The lowest BCUT2D eigenvalue weighted by molar-refractivity contribution is -0.247. The molecule has 5 nitrogen and oxygen atoms in total. The highest BCUT2D eigenvalue weighted by atomic mass is 16.6. The molecule has 4 rings (SSSR count). The van der Waals surface area contributed by atoms with Crippen LogP contribution in [0.5, 0.6) is 0 Å². The second-order valence-corrected chi connectivity index (χ2v) is 14.5. The SMILES string of the molecule is CC(=O)OC[C@]1(O)[C@@H]2CC[C@@H]3[C@H](CC[C@]4(C)[C@@H]([C@H](C)CCCC(C)C)CC[C@@H]34)[C@@]2(C)CC[C@H]1OC(C)=O. The van der Waals surface area contributed by atoms with Crippen molar-refractivity contribution in [3.05, 3.63) is 0 Å². The number of fused-ring (bicyclic) bond motifs is 5. The lowest BCUT2D eigenvalue weighted by Crippen LogP contribution is -2.66. The zero-order valence-electron chi connectivity index (χ0n) is 24.7. The van der Waals surface area contributed by atoms with E-state index in [4.69, 9.17) is 9.47 Å². The molecule has 0 bridgehead atoms. The van der Waals surface area contributed by atoms with E-state index in [1.807, 2.05) is 0 Å². The first-order chi connectivity index (χ1) is 17.3. The number of rotatable bonds is 8. The van der Waals surface area contributed by atoms with E-state index in [2.05, 4.69) is 34.6 Å². The topological polar surface area (TPSA) is 72.8 Å². The predicted molar refractivity (Wildman–Crippen MR) is 146 cm³/mol. The van der Waals surface area contributed by atoms with E-state index < -0.39 is 17.7 Å². The summed E-state index contributed by atoms with van der Waals surface area (Å²) in [6.45, 7) is 14.9. The van der Waals surface area contributed by atoms with Crippen LogP contribution in [-0.4, -0.2) is 35.4 Å². The van der Waals surface area contributed by atoms with Crippen LogP contribution in [0.15, 0.2) is 0 Å². The number of carbonyl (C=O) groups excluding carboxylic acids is 2. The minimum absolute atomic E-state index is 0.0310. The van der Waals surface area contributed by atoms with Gasteiger partial charge in [0, 0.05) is 19.8 Å². The van der Waals surface area contributed by atoms with E-state index >= 15 is 0 Å². The Kier molecular flexibility index (Phi) is 8.45. The van der Waals surface area contributed by atoms with Gasteiger partial charge >= 0.3 is 11.9 Å². The van der Waals surface area contributed by atoms with E-state index in [1.165, 1.54) is 58.8 Å². The van der Waals surface area contributed by atoms with Gasteiger partial charge in [-0.2, -0.15) is 0 Å². The highest BCUT2D eigenvalue weighted by Gasteiger charge is 2.66. The molecule has 10 atom stereocenters. The Morgan fingerprint density at radius 2 is 1.54 bits per heavy atom. The first-order valence-electron chi connectivity index (χ1n) is 15.4. The van der Waals surface area contributed by atoms with Crippen LogP contribution in [0.1, 0.15) is 119 Å². The van der Waals surface area contributed by atoms with Crippen molar-refractivity contribution in [3.8, 4) is 0 Å². The highest BCUT2D eigenvalue weighted by Crippen LogP contribution is 2.69. The molecule has 0 aromatic carbocycles. The Morgan fingerprint density at radius 1 is 0.865 bits per heavy atom. The Balaban J connectivity index is 1.54. The first kappa shape index (κ1) is 28.9. The standard InChI is InChI=1S/C32H54O5/c1-20(2)9-8-10-21(3)25-12-13-26-24-11-14-28-31(7,27(24)15-17-30(25,26)6)18-16-29(37-23(5)34)32(28,35)19-36-22(4)33/h20-21,24-29,35H,8-19H2,1-7H3/t21-,24+,25-,26+,27+,28-,29-,30-,31-,32+/m1/s1. The molecular weight excluding hydrogens is 464 g/mol. The molecule has 4 aliphatic rings. The maximum absolute atomic E-state index is 12.1. The minimum Gasteiger partial charge on any atom is -0.463 e. The quantitative estimate of drug-likeness (QED) is 0.352. The van der Waals surface area contributed by atoms with Crippen molar-refractivity contribution < 1.29 is 24.2 Å². The molecule has 37 heavy (non-hydrogen) atoms.